The van der Waals surface area contributed by atoms with Gasteiger partial charge in [-0.25, -0.2) is 9.59 Å². The van der Waals surface area contributed by atoms with E-state index < -0.39 is 23.8 Å². The summed E-state index contributed by atoms with van der Waals surface area (Å²) >= 11 is 0. The summed E-state index contributed by atoms with van der Waals surface area (Å²) in [6.45, 7) is 11.6. The normalized spacial score (nSPS) is 13.3. The number of hydrogen-bond acceptors (Lipinski definition) is 11. The molecule has 0 aliphatic rings. The number of methoxy groups -OCH3 is 1. The van der Waals surface area contributed by atoms with E-state index in [1.807, 2.05) is 41.5 Å². The SMILES string of the molecule is CCC(C)CC(=O)OCC[C@@](N)(Cc1ccc(OC(=O)OCC(C)C)c(OC(=O)OCC(C)C)c1)C(=O)OC. The van der Waals surface area contributed by atoms with Gasteiger partial charge in [-0.3, -0.25) is 9.59 Å². The molecule has 2 atom stereocenters. The van der Waals surface area contributed by atoms with Gasteiger partial charge < -0.3 is 34.2 Å². The Kier molecular flexibility index (Phi) is 14.3. The smallest absolute Gasteiger partial charge is 0.468 e. The van der Waals surface area contributed by atoms with Gasteiger partial charge in [-0.1, -0.05) is 54.0 Å². The molecule has 0 amide bonds. The minimum Gasteiger partial charge on any atom is -0.468 e. The van der Waals surface area contributed by atoms with Crippen molar-refractivity contribution < 1.29 is 47.6 Å². The zero-order valence-electron chi connectivity index (χ0n) is 24.1. The molecule has 1 aromatic carbocycles. The van der Waals surface area contributed by atoms with E-state index in [9.17, 15) is 19.2 Å². The van der Waals surface area contributed by atoms with Gasteiger partial charge in [0.2, 0.25) is 0 Å². The predicted octanol–water partition coefficient (Wildman–Crippen LogP) is 4.81. The van der Waals surface area contributed by atoms with Crippen LogP contribution >= 0.6 is 0 Å². The summed E-state index contributed by atoms with van der Waals surface area (Å²) in [5.74, 6) is -0.969. The third-order valence-corrected chi connectivity index (χ3v) is 5.60. The molecule has 0 saturated carbocycles. The Bertz CT molecular complexity index is 962. The van der Waals surface area contributed by atoms with Crippen LogP contribution in [0.15, 0.2) is 18.2 Å². The van der Waals surface area contributed by atoms with Gasteiger partial charge in [0, 0.05) is 19.3 Å². The van der Waals surface area contributed by atoms with Gasteiger partial charge >= 0.3 is 24.2 Å². The number of carbonyl (C=O) groups excluding carboxylic acids is 4. The summed E-state index contributed by atoms with van der Waals surface area (Å²) in [6.07, 6.45) is -0.944. The quantitative estimate of drug-likeness (QED) is 0.181. The maximum absolute atomic E-state index is 12.6. The largest absolute Gasteiger partial charge is 0.513 e. The van der Waals surface area contributed by atoms with Gasteiger partial charge in [0.25, 0.3) is 0 Å². The predicted molar refractivity (Wildman–Crippen MR) is 142 cm³/mol. The third kappa shape index (κ3) is 12.8. The highest BCUT2D eigenvalue weighted by atomic mass is 16.7. The molecule has 2 N–H and O–H groups in total. The standard InChI is InChI=1S/C28H43NO10/c1-8-20(6)13-24(30)35-12-11-28(29,25(31)34-7)15-21-9-10-22(38-26(32)36-16-18(2)3)23(14-21)39-27(33)37-17-19(4)5/h9-10,14,18-20H,8,11-13,15-17,29H2,1-7H3/t20?,28-/m1/s1. The van der Waals surface area contributed by atoms with Gasteiger partial charge in [-0.15, -0.1) is 0 Å². The number of esters is 2. The lowest BCUT2D eigenvalue weighted by Gasteiger charge is -2.27. The molecule has 0 fully saturated rings. The summed E-state index contributed by atoms with van der Waals surface area (Å²) in [5.41, 5.74) is 5.32. The second-order valence-corrected chi connectivity index (χ2v) is 10.4. The van der Waals surface area contributed by atoms with Crippen molar-refractivity contribution in [3.8, 4) is 11.5 Å². The molecule has 39 heavy (non-hydrogen) atoms. The molecule has 11 heteroatoms. The number of nitrogens with two attached hydrogens (primary N) is 1. The Morgan fingerprint density at radius 3 is 1.95 bits per heavy atom. The van der Waals surface area contributed by atoms with Crippen LogP contribution < -0.4 is 15.2 Å². The van der Waals surface area contributed by atoms with Crippen molar-refractivity contribution in [1.29, 1.82) is 0 Å². The summed E-state index contributed by atoms with van der Waals surface area (Å²) < 4.78 is 30.8. The van der Waals surface area contributed by atoms with Crippen LogP contribution in [0.2, 0.25) is 0 Å². The number of hydrogen-bond donors (Lipinski definition) is 1. The highest BCUT2D eigenvalue weighted by Gasteiger charge is 2.36. The van der Waals surface area contributed by atoms with E-state index in [0.29, 0.717) is 5.56 Å². The van der Waals surface area contributed by atoms with Gasteiger partial charge in [-0.05, 0) is 35.4 Å². The average molecular weight is 554 g/mol. The maximum Gasteiger partial charge on any atom is 0.513 e. The fourth-order valence-electron chi connectivity index (χ4n) is 3.20. The molecule has 0 heterocycles. The lowest BCUT2D eigenvalue weighted by molar-refractivity contribution is -0.151. The van der Waals surface area contributed by atoms with E-state index >= 15 is 0 Å². The van der Waals surface area contributed by atoms with Gasteiger partial charge in [0.1, 0.15) is 5.54 Å². The first kappa shape index (κ1) is 33.7. The minimum absolute atomic E-state index is 0.0156. The van der Waals surface area contributed by atoms with Crippen LogP contribution in [0, 0.1) is 17.8 Å². The van der Waals surface area contributed by atoms with Crippen molar-refractivity contribution in [2.75, 3.05) is 26.9 Å². The molecule has 0 aliphatic heterocycles. The molecule has 0 aliphatic carbocycles. The fraction of sp³-hybridized carbons (Fsp3) is 0.643. The minimum atomic E-state index is -1.56. The molecule has 0 bridgehead atoms. The van der Waals surface area contributed by atoms with Crippen LogP contribution in [0.1, 0.15) is 66.4 Å². The van der Waals surface area contributed by atoms with Gasteiger partial charge in [0.15, 0.2) is 11.5 Å². The summed E-state index contributed by atoms with van der Waals surface area (Å²) in [6, 6.07) is 4.35. The molecule has 1 rings (SSSR count). The Labute approximate surface area is 230 Å². The van der Waals surface area contributed by atoms with Crippen molar-refractivity contribution in [2.45, 2.75) is 72.8 Å². The Morgan fingerprint density at radius 2 is 1.44 bits per heavy atom. The molecular weight excluding hydrogens is 510 g/mol. The summed E-state index contributed by atoms with van der Waals surface area (Å²) in [4.78, 5) is 49.1. The van der Waals surface area contributed by atoms with E-state index in [1.54, 1.807) is 6.07 Å². The van der Waals surface area contributed by atoms with Crippen LogP contribution in [-0.2, 0) is 35.0 Å². The molecule has 1 unspecified atom stereocenters. The monoisotopic (exact) mass is 553 g/mol. The van der Waals surface area contributed by atoms with Crippen molar-refractivity contribution in [3.63, 3.8) is 0 Å². The molecule has 0 radical (unpaired) electrons. The van der Waals surface area contributed by atoms with Crippen LogP contribution in [0.3, 0.4) is 0 Å². The van der Waals surface area contributed by atoms with E-state index in [2.05, 4.69) is 0 Å². The topological polar surface area (TPSA) is 150 Å². The lowest BCUT2D eigenvalue weighted by atomic mass is 9.88. The average Bonchev–Trinajstić information content (AvgIpc) is 2.87. The van der Waals surface area contributed by atoms with Crippen LogP contribution in [-0.4, -0.2) is 56.7 Å². The van der Waals surface area contributed by atoms with E-state index in [-0.39, 0.29) is 74.3 Å². The highest BCUT2D eigenvalue weighted by molar-refractivity contribution is 5.81. The van der Waals surface area contributed by atoms with Crippen molar-refractivity contribution in [1.82, 2.24) is 0 Å². The van der Waals surface area contributed by atoms with E-state index in [4.69, 9.17) is 34.2 Å². The fourth-order valence-corrected chi connectivity index (χ4v) is 3.20. The zero-order chi connectivity index (χ0) is 29.6. The lowest BCUT2D eigenvalue weighted by Crippen LogP contribution is -2.51. The first-order valence-corrected chi connectivity index (χ1v) is 13.1. The number of rotatable bonds is 15. The zero-order valence-corrected chi connectivity index (χ0v) is 24.1. The molecule has 220 valence electrons. The molecule has 0 spiro atoms. The van der Waals surface area contributed by atoms with Crippen molar-refractivity contribution in [2.24, 2.45) is 23.5 Å². The summed E-state index contributed by atoms with van der Waals surface area (Å²) in [5, 5.41) is 0. The molecule has 11 nitrogen and oxygen atoms in total. The van der Waals surface area contributed by atoms with Crippen molar-refractivity contribution in [3.05, 3.63) is 23.8 Å². The molecule has 0 aromatic heterocycles. The van der Waals surface area contributed by atoms with Crippen LogP contribution in [0.25, 0.3) is 0 Å². The first-order valence-electron chi connectivity index (χ1n) is 13.1. The Morgan fingerprint density at radius 1 is 0.872 bits per heavy atom. The highest BCUT2D eigenvalue weighted by Crippen LogP contribution is 2.31. The number of benzene rings is 1. The maximum atomic E-state index is 12.6. The second kappa shape index (κ2) is 16.6. The Balaban J connectivity index is 3.12. The Hall–Kier alpha value is -3.34. The second-order valence-electron chi connectivity index (χ2n) is 10.4. The van der Waals surface area contributed by atoms with E-state index in [0.717, 1.165) is 6.42 Å². The first-order chi connectivity index (χ1) is 18.3. The van der Waals surface area contributed by atoms with Gasteiger partial charge in [0.05, 0.1) is 26.9 Å². The van der Waals surface area contributed by atoms with Gasteiger partial charge in [-0.2, -0.15) is 0 Å². The molecule has 1 aromatic rings. The van der Waals surface area contributed by atoms with Crippen LogP contribution in [0.4, 0.5) is 9.59 Å². The van der Waals surface area contributed by atoms with Crippen LogP contribution in [0.5, 0.6) is 11.5 Å². The third-order valence-electron chi connectivity index (χ3n) is 5.60. The molecular formula is C28H43NO10. The number of ether oxygens (including phenoxy) is 6. The summed E-state index contributed by atoms with van der Waals surface area (Å²) in [7, 11) is 1.21. The van der Waals surface area contributed by atoms with E-state index in [1.165, 1.54) is 19.2 Å². The van der Waals surface area contributed by atoms with Crippen molar-refractivity contribution >= 4 is 24.2 Å². The number of carbonyl (C=O) groups is 4. The molecule has 0 saturated heterocycles.